The molecule has 4 nitrogen and oxygen atoms in total. The van der Waals surface area contributed by atoms with Gasteiger partial charge in [0, 0.05) is 17.2 Å². The van der Waals surface area contributed by atoms with Gasteiger partial charge in [0.2, 0.25) is 0 Å². The molecule has 4 heteroatoms. The van der Waals surface area contributed by atoms with E-state index in [1.54, 1.807) is 12.1 Å². The summed E-state index contributed by atoms with van der Waals surface area (Å²) >= 11 is 0. The summed E-state index contributed by atoms with van der Waals surface area (Å²) in [7, 11) is 0. The maximum absolute atomic E-state index is 12.0. The van der Waals surface area contributed by atoms with E-state index in [4.69, 9.17) is 4.52 Å². The lowest BCUT2D eigenvalue weighted by Gasteiger charge is -2.01. The summed E-state index contributed by atoms with van der Waals surface area (Å²) in [5.74, 6) is 0.494. The van der Waals surface area contributed by atoms with Crippen LogP contribution in [0.1, 0.15) is 21.7 Å². The number of aryl methyl sites for hydroxylation is 1. The Labute approximate surface area is 128 Å². The molecule has 1 aromatic heterocycles. The van der Waals surface area contributed by atoms with E-state index in [1.165, 1.54) is 5.56 Å². The van der Waals surface area contributed by atoms with E-state index >= 15 is 0 Å². The van der Waals surface area contributed by atoms with E-state index in [0.29, 0.717) is 17.9 Å². The van der Waals surface area contributed by atoms with Gasteiger partial charge in [0.1, 0.15) is 5.69 Å². The van der Waals surface area contributed by atoms with Crippen LogP contribution >= 0.6 is 0 Å². The molecule has 22 heavy (non-hydrogen) atoms. The van der Waals surface area contributed by atoms with Crippen LogP contribution in [0.3, 0.4) is 0 Å². The van der Waals surface area contributed by atoms with Crippen molar-refractivity contribution in [2.75, 3.05) is 0 Å². The van der Waals surface area contributed by atoms with Gasteiger partial charge >= 0.3 is 0 Å². The summed E-state index contributed by atoms with van der Waals surface area (Å²) in [4.78, 5) is 12.0. The molecule has 0 bridgehead atoms. The minimum absolute atomic E-state index is 0.131. The van der Waals surface area contributed by atoms with Crippen LogP contribution in [0.25, 0.3) is 11.3 Å². The number of nitrogens with one attached hydrogen (secondary N) is 1. The Bertz CT molecular complexity index is 761. The molecule has 0 atom stereocenters. The van der Waals surface area contributed by atoms with Gasteiger partial charge in [-0.2, -0.15) is 0 Å². The average molecular weight is 292 g/mol. The van der Waals surface area contributed by atoms with Crippen LogP contribution in [0, 0.1) is 6.92 Å². The molecule has 0 aliphatic heterocycles. The third-order valence-electron chi connectivity index (χ3n) is 3.37. The molecule has 0 aliphatic rings. The van der Waals surface area contributed by atoms with Crippen molar-refractivity contribution in [3.63, 3.8) is 0 Å². The Morgan fingerprint density at radius 1 is 1.09 bits per heavy atom. The fraction of sp³-hybridized carbons (Fsp3) is 0.111. The number of hydrogen-bond acceptors (Lipinski definition) is 3. The summed E-state index contributed by atoms with van der Waals surface area (Å²) in [5.41, 5.74) is 3.59. The van der Waals surface area contributed by atoms with E-state index in [-0.39, 0.29) is 5.91 Å². The first-order valence-corrected chi connectivity index (χ1v) is 7.08. The van der Waals surface area contributed by atoms with Crippen LogP contribution < -0.4 is 5.32 Å². The SMILES string of the molecule is Cc1ccc(-c2cc(CNC(=O)c3ccccc3)on2)cc1. The van der Waals surface area contributed by atoms with Gasteiger partial charge in [0.05, 0.1) is 6.54 Å². The Balaban J connectivity index is 1.65. The first kappa shape index (κ1) is 14.1. The van der Waals surface area contributed by atoms with E-state index in [0.717, 1.165) is 11.3 Å². The van der Waals surface area contributed by atoms with E-state index < -0.39 is 0 Å². The molecule has 3 rings (SSSR count). The van der Waals surface area contributed by atoms with Gasteiger partial charge < -0.3 is 9.84 Å². The van der Waals surface area contributed by atoms with Crippen molar-refractivity contribution in [2.24, 2.45) is 0 Å². The summed E-state index contributed by atoms with van der Waals surface area (Å²) < 4.78 is 5.27. The second-order valence-corrected chi connectivity index (χ2v) is 5.09. The van der Waals surface area contributed by atoms with Crippen LogP contribution in [0.15, 0.2) is 65.2 Å². The Hall–Kier alpha value is -2.88. The number of carbonyl (C=O) groups excluding carboxylic acids is 1. The molecule has 0 saturated carbocycles. The van der Waals surface area contributed by atoms with E-state index in [2.05, 4.69) is 10.5 Å². The van der Waals surface area contributed by atoms with Crippen molar-refractivity contribution < 1.29 is 9.32 Å². The van der Waals surface area contributed by atoms with Gasteiger partial charge in [0.25, 0.3) is 5.91 Å². The summed E-state index contributed by atoms with van der Waals surface area (Å²) in [6, 6.07) is 19.0. The lowest BCUT2D eigenvalue weighted by atomic mass is 10.1. The Morgan fingerprint density at radius 2 is 1.82 bits per heavy atom. The molecule has 0 fully saturated rings. The molecule has 0 radical (unpaired) electrons. The number of rotatable bonds is 4. The third-order valence-corrected chi connectivity index (χ3v) is 3.37. The predicted octanol–water partition coefficient (Wildman–Crippen LogP) is 3.58. The molecular weight excluding hydrogens is 276 g/mol. The smallest absolute Gasteiger partial charge is 0.251 e. The monoisotopic (exact) mass is 292 g/mol. The van der Waals surface area contributed by atoms with Crippen LogP contribution in [0.2, 0.25) is 0 Å². The van der Waals surface area contributed by atoms with Crippen LogP contribution in [-0.2, 0) is 6.54 Å². The van der Waals surface area contributed by atoms with Gasteiger partial charge in [0.15, 0.2) is 5.76 Å². The topological polar surface area (TPSA) is 55.1 Å². The fourth-order valence-electron chi connectivity index (χ4n) is 2.12. The molecule has 1 N–H and O–H groups in total. The highest BCUT2D eigenvalue weighted by Crippen LogP contribution is 2.19. The first-order valence-electron chi connectivity index (χ1n) is 7.08. The number of benzene rings is 2. The van der Waals surface area contributed by atoms with Gasteiger partial charge in [-0.3, -0.25) is 4.79 Å². The van der Waals surface area contributed by atoms with Crippen LogP contribution in [0.4, 0.5) is 0 Å². The quantitative estimate of drug-likeness (QED) is 0.799. The first-order chi connectivity index (χ1) is 10.7. The average Bonchev–Trinajstić information content (AvgIpc) is 3.03. The highest BCUT2D eigenvalue weighted by atomic mass is 16.5. The molecule has 110 valence electrons. The lowest BCUT2D eigenvalue weighted by molar-refractivity contribution is 0.0947. The molecule has 1 amide bonds. The van der Waals surface area contributed by atoms with Crippen LogP contribution in [0.5, 0.6) is 0 Å². The van der Waals surface area contributed by atoms with Gasteiger partial charge in [-0.15, -0.1) is 0 Å². The van der Waals surface area contributed by atoms with Crippen molar-refractivity contribution in [3.05, 3.63) is 77.6 Å². The number of hydrogen-bond donors (Lipinski definition) is 1. The number of carbonyl (C=O) groups is 1. The van der Waals surface area contributed by atoms with Crippen molar-refractivity contribution >= 4 is 5.91 Å². The van der Waals surface area contributed by atoms with E-state index in [1.807, 2.05) is 55.5 Å². The maximum Gasteiger partial charge on any atom is 0.251 e. The largest absolute Gasteiger partial charge is 0.359 e. The summed E-state index contributed by atoms with van der Waals surface area (Å²) in [6.45, 7) is 2.35. The molecule has 0 spiro atoms. The second kappa shape index (κ2) is 6.26. The zero-order valence-corrected chi connectivity index (χ0v) is 12.2. The zero-order valence-electron chi connectivity index (χ0n) is 12.2. The summed E-state index contributed by atoms with van der Waals surface area (Å²) in [5, 5.41) is 6.86. The Kier molecular flexibility index (Phi) is 4.01. The highest BCUT2D eigenvalue weighted by molar-refractivity contribution is 5.94. The number of aromatic nitrogens is 1. The van der Waals surface area contributed by atoms with E-state index in [9.17, 15) is 4.79 Å². The van der Waals surface area contributed by atoms with Crippen molar-refractivity contribution in [1.82, 2.24) is 10.5 Å². The lowest BCUT2D eigenvalue weighted by Crippen LogP contribution is -2.22. The fourth-order valence-corrected chi connectivity index (χ4v) is 2.12. The third kappa shape index (κ3) is 3.23. The summed E-state index contributed by atoms with van der Waals surface area (Å²) in [6.07, 6.45) is 0. The molecule has 1 heterocycles. The normalized spacial score (nSPS) is 10.4. The van der Waals surface area contributed by atoms with Gasteiger partial charge in [-0.25, -0.2) is 0 Å². The minimum atomic E-state index is -0.131. The number of amides is 1. The minimum Gasteiger partial charge on any atom is -0.359 e. The van der Waals surface area contributed by atoms with Crippen molar-refractivity contribution in [2.45, 2.75) is 13.5 Å². The van der Waals surface area contributed by atoms with Crippen molar-refractivity contribution in [1.29, 1.82) is 0 Å². The molecule has 0 unspecified atom stereocenters. The standard InChI is InChI=1S/C18H16N2O2/c1-13-7-9-14(10-8-13)17-11-16(22-20-17)12-19-18(21)15-5-3-2-4-6-15/h2-11H,12H2,1H3,(H,19,21). The highest BCUT2D eigenvalue weighted by Gasteiger charge is 2.09. The zero-order chi connectivity index (χ0) is 15.4. The molecule has 0 aliphatic carbocycles. The molecular formula is C18H16N2O2. The van der Waals surface area contributed by atoms with Crippen molar-refractivity contribution in [3.8, 4) is 11.3 Å². The van der Waals surface area contributed by atoms with Crippen LogP contribution in [-0.4, -0.2) is 11.1 Å². The molecule has 2 aromatic carbocycles. The molecule has 3 aromatic rings. The molecule has 0 saturated heterocycles. The van der Waals surface area contributed by atoms with Gasteiger partial charge in [-0.1, -0.05) is 53.2 Å². The maximum atomic E-state index is 12.0. The second-order valence-electron chi connectivity index (χ2n) is 5.09. The van der Waals surface area contributed by atoms with Gasteiger partial charge in [-0.05, 0) is 19.1 Å². The predicted molar refractivity (Wildman–Crippen MR) is 84.3 cm³/mol. The number of nitrogens with zero attached hydrogens (tertiary/aromatic N) is 1. The Morgan fingerprint density at radius 3 is 2.55 bits per heavy atom.